The second-order valence-corrected chi connectivity index (χ2v) is 5.70. The monoisotopic (exact) mass is 278 g/mol. The minimum atomic E-state index is 0.394. The SMILES string of the molecule is CCNC(=NCC1CCc2nnc(C)n2C1)NC(C)C. The standard InChI is InChI=1S/C14H26N6/c1-5-15-14(17-10(2)3)16-8-12-6-7-13-19-18-11(4)20(13)9-12/h10,12H,5-9H2,1-4H3,(H2,15,16,17). The molecule has 2 rings (SSSR count). The summed E-state index contributed by atoms with van der Waals surface area (Å²) in [6, 6.07) is 0.394. The van der Waals surface area contributed by atoms with E-state index in [9.17, 15) is 0 Å². The van der Waals surface area contributed by atoms with Crippen LogP contribution in [0, 0.1) is 12.8 Å². The normalized spacial score (nSPS) is 19.1. The van der Waals surface area contributed by atoms with Gasteiger partial charge in [-0.15, -0.1) is 10.2 Å². The molecule has 1 aliphatic heterocycles. The molecule has 0 saturated carbocycles. The minimum Gasteiger partial charge on any atom is -0.357 e. The summed E-state index contributed by atoms with van der Waals surface area (Å²) in [5.74, 6) is 3.62. The Balaban J connectivity index is 1.95. The molecule has 1 atom stereocenters. The summed E-state index contributed by atoms with van der Waals surface area (Å²) in [5, 5.41) is 15.0. The first kappa shape index (κ1) is 14.8. The highest BCUT2D eigenvalue weighted by molar-refractivity contribution is 5.79. The Morgan fingerprint density at radius 2 is 2.25 bits per heavy atom. The first-order valence-electron chi connectivity index (χ1n) is 7.53. The van der Waals surface area contributed by atoms with Crippen molar-refractivity contribution in [2.45, 2.75) is 53.1 Å². The van der Waals surface area contributed by atoms with Crippen molar-refractivity contribution in [1.29, 1.82) is 0 Å². The minimum absolute atomic E-state index is 0.394. The number of aromatic nitrogens is 3. The Labute approximate surface area is 121 Å². The Bertz CT molecular complexity index is 462. The zero-order valence-electron chi connectivity index (χ0n) is 13.0. The van der Waals surface area contributed by atoms with E-state index in [-0.39, 0.29) is 0 Å². The number of rotatable bonds is 4. The van der Waals surface area contributed by atoms with Gasteiger partial charge >= 0.3 is 0 Å². The summed E-state index contributed by atoms with van der Waals surface area (Å²) in [7, 11) is 0. The third-order valence-corrected chi connectivity index (χ3v) is 3.51. The van der Waals surface area contributed by atoms with Crippen molar-refractivity contribution in [1.82, 2.24) is 25.4 Å². The molecule has 2 N–H and O–H groups in total. The van der Waals surface area contributed by atoms with Crippen LogP contribution in [0.3, 0.4) is 0 Å². The molecule has 0 bridgehead atoms. The van der Waals surface area contributed by atoms with Gasteiger partial charge in [0.25, 0.3) is 0 Å². The largest absolute Gasteiger partial charge is 0.357 e. The van der Waals surface area contributed by atoms with Crippen LogP contribution in [0.2, 0.25) is 0 Å². The number of aryl methyl sites for hydroxylation is 2. The van der Waals surface area contributed by atoms with Crippen molar-refractivity contribution in [3.05, 3.63) is 11.6 Å². The molecule has 0 aromatic carbocycles. The molecule has 6 heteroatoms. The number of aliphatic imine (C=N–C) groups is 1. The zero-order valence-corrected chi connectivity index (χ0v) is 13.0. The van der Waals surface area contributed by atoms with Crippen LogP contribution in [0.1, 0.15) is 38.8 Å². The van der Waals surface area contributed by atoms with Gasteiger partial charge in [-0.1, -0.05) is 0 Å². The molecular weight excluding hydrogens is 252 g/mol. The van der Waals surface area contributed by atoms with E-state index in [1.54, 1.807) is 0 Å². The average Bonchev–Trinajstić information content (AvgIpc) is 2.77. The lowest BCUT2D eigenvalue weighted by Crippen LogP contribution is -2.41. The molecule has 6 nitrogen and oxygen atoms in total. The lowest BCUT2D eigenvalue weighted by Gasteiger charge is -2.23. The molecular formula is C14H26N6. The van der Waals surface area contributed by atoms with Crippen molar-refractivity contribution >= 4 is 5.96 Å². The lowest BCUT2D eigenvalue weighted by atomic mass is 9.99. The quantitative estimate of drug-likeness (QED) is 0.639. The summed E-state index contributed by atoms with van der Waals surface area (Å²) in [4.78, 5) is 4.70. The van der Waals surface area contributed by atoms with Crippen molar-refractivity contribution < 1.29 is 0 Å². The van der Waals surface area contributed by atoms with Crippen LogP contribution in [0.5, 0.6) is 0 Å². The zero-order chi connectivity index (χ0) is 14.5. The fourth-order valence-electron chi connectivity index (χ4n) is 2.49. The first-order chi connectivity index (χ1) is 9.60. The van der Waals surface area contributed by atoms with Crippen molar-refractivity contribution in [3.8, 4) is 0 Å². The van der Waals surface area contributed by atoms with E-state index >= 15 is 0 Å². The van der Waals surface area contributed by atoms with Crippen LogP contribution in [-0.2, 0) is 13.0 Å². The number of fused-ring (bicyclic) bond motifs is 1. The van der Waals surface area contributed by atoms with E-state index in [1.165, 1.54) is 0 Å². The van der Waals surface area contributed by atoms with Gasteiger partial charge < -0.3 is 15.2 Å². The van der Waals surface area contributed by atoms with Crippen LogP contribution in [0.15, 0.2) is 4.99 Å². The molecule has 1 aromatic rings. The van der Waals surface area contributed by atoms with Gasteiger partial charge in [-0.3, -0.25) is 4.99 Å². The highest BCUT2D eigenvalue weighted by Gasteiger charge is 2.21. The van der Waals surface area contributed by atoms with Crippen LogP contribution in [0.4, 0.5) is 0 Å². The molecule has 0 fully saturated rings. The maximum atomic E-state index is 4.70. The molecule has 1 unspecified atom stereocenters. The molecule has 20 heavy (non-hydrogen) atoms. The van der Waals surface area contributed by atoms with Crippen molar-refractivity contribution in [2.24, 2.45) is 10.9 Å². The Hall–Kier alpha value is -1.59. The Morgan fingerprint density at radius 3 is 2.95 bits per heavy atom. The van der Waals surface area contributed by atoms with Gasteiger partial charge in [0, 0.05) is 32.1 Å². The Kier molecular flexibility index (Phi) is 4.98. The average molecular weight is 278 g/mol. The fraction of sp³-hybridized carbons (Fsp3) is 0.786. The molecule has 0 amide bonds. The summed E-state index contributed by atoms with van der Waals surface area (Å²) >= 11 is 0. The summed E-state index contributed by atoms with van der Waals surface area (Å²) < 4.78 is 2.23. The second kappa shape index (κ2) is 6.72. The maximum Gasteiger partial charge on any atom is 0.191 e. The van der Waals surface area contributed by atoms with Gasteiger partial charge in [-0.2, -0.15) is 0 Å². The lowest BCUT2D eigenvalue weighted by molar-refractivity contribution is 0.369. The summed E-state index contributed by atoms with van der Waals surface area (Å²) in [6.07, 6.45) is 2.15. The highest BCUT2D eigenvalue weighted by atomic mass is 15.3. The van der Waals surface area contributed by atoms with Crippen LogP contribution < -0.4 is 10.6 Å². The number of hydrogen-bond acceptors (Lipinski definition) is 3. The predicted molar refractivity (Wildman–Crippen MR) is 80.8 cm³/mol. The summed E-state index contributed by atoms with van der Waals surface area (Å²) in [6.45, 7) is 11.1. The molecule has 0 radical (unpaired) electrons. The molecule has 1 aromatic heterocycles. The van der Waals surface area contributed by atoms with E-state index in [0.29, 0.717) is 12.0 Å². The van der Waals surface area contributed by atoms with E-state index < -0.39 is 0 Å². The van der Waals surface area contributed by atoms with Gasteiger partial charge in [-0.05, 0) is 40.0 Å². The molecule has 112 valence electrons. The third kappa shape index (κ3) is 3.71. The number of guanidine groups is 1. The van der Waals surface area contributed by atoms with Gasteiger partial charge in [0.05, 0.1) is 0 Å². The van der Waals surface area contributed by atoms with Crippen molar-refractivity contribution in [3.63, 3.8) is 0 Å². The predicted octanol–water partition coefficient (Wildman–Crippen LogP) is 1.11. The molecule has 0 spiro atoms. The molecule has 0 saturated heterocycles. The van der Waals surface area contributed by atoms with Gasteiger partial charge in [0.15, 0.2) is 5.96 Å². The number of nitrogens with one attached hydrogen (secondary N) is 2. The number of hydrogen-bond donors (Lipinski definition) is 2. The fourth-order valence-corrected chi connectivity index (χ4v) is 2.49. The first-order valence-corrected chi connectivity index (χ1v) is 7.53. The molecule has 0 aliphatic carbocycles. The topological polar surface area (TPSA) is 67.1 Å². The second-order valence-electron chi connectivity index (χ2n) is 5.70. The van der Waals surface area contributed by atoms with E-state index in [2.05, 4.69) is 46.2 Å². The van der Waals surface area contributed by atoms with Crippen LogP contribution >= 0.6 is 0 Å². The van der Waals surface area contributed by atoms with Crippen molar-refractivity contribution in [2.75, 3.05) is 13.1 Å². The van der Waals surface area contributed by atoms with Crippen LogP contribution in [-0.4, -0.2) is 39.9 Å². The van der Waals surface area contributed by atoms with Gasteiger partial charge in [-0.25, -0.2) is 0 Å². The van der Waals surface area contributed by atoms with Gasteiger partial charge in [0.2, 0.25) is 0 Å². The van der Waals surface area contributed by atoms with E-state index in [1.807, 2.05) is 6.92 Å². The Morgan fingerprint density at radius 1 is 1.45 bits per heavy atom. The number of nitrogens with zero attached hydrogens (tertiary/aromatic N) is 4. The third-order valence-electron chi connectivity index (χ3n) is 3.51. The van der Waals surface area contributed by atoms with Crippen LogP contribution in [0.25, 0.3) is 0 Å². The van der Waals surface area contributed by atoms with Gasteiger partial charge in [0.1, 0.15) is 11.6 Å². The smallest absolute Gasteiger partial charge is 0.191 e. The van der Waals surface area contributed by atoms with E-state index in [0.717, 1.165) is 50.1 Å². The molecule has 1 aliphatic rings. The van der Waals surface area contributed by atoms with E-state index in [4.69, 9.17) is 4.99 Å². The highest BCUT2D eigenvalue weighted by Crippen LogP contribution is 2.19. The summed E-state index contributed by atoms with van der Waals surface area (Å²) in [5.41, 5.74) is 0. The maximum absolute atomic E-state index is 4.70. The molecule has 2 heterocycles.